The second kappa shape index (κ2) is 7.88. The quantitative estimate of drug-likeness (QED) is 0.703. The zero-order valence-electron chi connectivity index (χ0n) is 15.9. The largest absolute Gasteiger partial charge is 0.360 e. The fourth-order valence-corrected chi connectivity index (χ4v) is 3.63. The first-order valence-corrected chi connectivity index (χ1v) is 9.66. The van der Waals surface area contributed by atoms with E-state index in [0.29, 0.717) is 0 Å². The van der Waals surface area contributed by atoms with Crippen LogP contribution >= 0.6 is 0 Å². The molecule has 1 aliphatic heterocycles. The number of aryl methyl sites for hydroxylation is 1. The molecule has 0 saturated carbocycles. The molecule has 0 saturated heterocycles. The van der Waals surface area contributed by atoms with Crippen molar-refractivity contribution >= 4 is 5.82 Å². The highest BCUT2D eigenvalue weighted by Gasteiger charge is 2.22. The molecule has 1 atom stereocenters. The predicted molar refractivity (Wildman–Crippen MR) is 107 cm³/mol. The van der Waals surface area contributed by atoms with E-state index in [1.165, 1.54) is 5.56 Å². The topological polar surface area (TPSA) is 67.7 Å². The first kappa shape index (κ1) is 17.7. The third-order valence-corrected chi connectivity index (χ3v) is 5.03. The maximum Gasteiger partial charge on any atom is 0.161 e. The zero-order chi connectivity index (χ0) is 18.6. The standard InChI is InChI=1S/C21H26N6/c1-3-7-17(21-23-12-13-27(21)2)24-20-16-10-11-22-14-18(16)25-19(26-20)15-8-5-4-6-9-15/h4-6,8-9,12-13,17,22H,3,7,10-11,14H2,1-2H3,(H,24,25,26)/t17-/m1/s1. The van der Waals surface area contributed by atoms with Crippen molar-refractivity contribution in [3.8, 4) is 11.4 Å². The highest BCUT2D eigenvalue weighted by atomic mass is 15.1. The SMILES string of the molecule is CCC[C@@H](Nc1nc(-c2ccccc2)nc2c1CCNC2)c1nccn1C. The summed E-state index contributed by atoms with van der Waals surface area (Å²) in [5, 5.41) is 7.13. The molecule has 0 amide bonds. The molecule has 1 aromatic carbocycles. The van der Waals surface area contributed by atoms with Crippen molar-refractivity contribution in [2.75, 3.05) is 11.9 Å². The molecule has 3 heterocycles. The number of nitrogens with zero attached hydrogens (tertiary/aromatic N) is 4. The lowest BCUT2D eigenvalue weighted by molar-refractivity contribution is 0.600. The summed E-state index contributed by atoms with van der Waals surface area (Å²) in [5.74, 6) is 2.76. The van der Waals surface area contributed by atoms with Crippen LogP contribution in [0.15, 0.2) is 42.7 Å². The number of aromatic nitrogens is 4. The monoisotopic (exact) mass is 362 g/mol. The molecule has 140 valence electrons. The molecule has 0 unspecified atom stereocenters. The summed E-state index contributed by atoms with van der Waals surface area (Å²) in [4.78, 5) is 14.3. The Hall–Kier alpha value is -2.73. The Morgan fingerprint density at radius 3 is 2.81 bits per heavy atom. The van der Waals surface area contributed by atoms with Crippen molar-refractivity contribution in [3.63, 3.8) is 0 Å². The molecule has 4 rings (SSSR count). The molecular formula is C21H26N6. The number of hydrogen-bond acceptors (Lipinski definition) is 5. The van der Waals surface area contributed by atoms with Crippen molar-refractivity contribution in [2.24, 2.45) is 7.05 Å². The molecule has 2 aromatic heterocycles. The maximum absolute atomic E-state index is 4.93. The Labute approximate surface area is 160 Å². The fraction of sp³-hybridized carbons (Fsp3) is 0.381. The number of rotatable bonds is 6. The van der Waals surface area contributed by atoms with Gasteiger partial charge in [-0.15, -0.1) is 0 Å². The van der Waals surface area contributed by atoms with Crippen molar-refractivity contribution in [1.82, 2.24) is 24.8 Å². The fourth-order valence-electron chi connectivity index (χ4n) is 3.63. The van der Waals surface area contributed by atoms with Gasteiger partial charge in [0.05, 0.1) is 11.7 Å². The van der Waals surface area contributed by atoms with E-state index in [9.17, 15) is 0 Å². The average Bonchev–Trinajstić information content (AvgIpc) is 3.14. The molecule has 2 N–H and O–H groups in total. The molecular weight excluding hydrogens is 336 g/mol. The van der Waals surface area contributed by atoms with Gasteiger partial charge in [0.1, 0.15) is 11.6 Å². The van der Waals surface area contributed by atoms with E-state index < -0.39 is 0 Å². The van der Waals surface area contributed by atoms with Gasteiger partial charge in [0, 0.05) is 37.1 Å². The maximum atomic E-state index is 4.93. The summed E-state index contributed by atoms with van der Waals surface area (Å²) >= 11 is 0. The van der Waals surface area contributed by atoms with Gasteiger partial charge in [0.15, 0.2) is 5.82 Å². The van der Waals surface area contributed by atoms with Gasteiger partial charge >= 0.3 is 0 Å². The number of benzene rings is 1. The van der Waals surface area contributed by atoms with Gasteiger partial charge in [-0.2, -0.15) is 0 Å². The van der Waals surface area contributed by atoms with Gasteiger partial charge < -0.3 is 15.2 Å². The smallest absolute Gasteiger partial charge is 0.161 e. The summed E-state index contributed by atoms with van der Waals surface area (Å²) in [6.07, 6.45) is 6.86. The van der Waals surface area contributed by atoms with Crippen molar-refractivity contribution in [2.45, 2.75) is 38.8 Å². The van der Waals surface area contributed by atoms with E-state index in [4.69, 9.17) is 9.97 Å². The minimum atomic E-state index is 0.132. The van der Waals surface area contributed by atoms with Crippen LogP contribution < -0.4 is 10.6 Å². The van der Waals surface area contributed by atoms with Crippen LogP contribution in [0.2, 0.25) is 0 Å². The second-order valence-electron chi connectivity index (χ2n) is 7.00. The molecule has 6 heteroatoms. The molecule has 0 bridgehead atoms. The van der Waals surface area contributed by atoms with Gasteiger partial charge in [0.25, 0.3) is 0 Å². The van der Waals surface area contributed by atoms with E-state index in [-0.39, 0.29) is 6.04 Å². The molecule has 6 nitrogen and oxygen atoms in total. The third kappa shape index (κ3) is 3.71. The summed E-state index contributed by atoms with van der Waals surface area (Å²) < 4.78 is 2.08. The first-order valence-electron chi connectivity index (χ1n) is 9.66. The van der Waals surface area contributed by atoms with Crippen LogP contribution in [0.5, 0.6) is 0 Å². The highest BCUT2D eigenvalue weighted by Crippen LogP contribution is 2.29. The van der Waals surface area contributed by atoms with Crippen LogP contribution in [0.25, 0.3) is 11.4 Å². The lowest BCUT2D eigenvalue weighted by atomic mass is 10.0. The number of imidazole rings is 1. The van der Waals surface area contributed by atoms with E-state index in [0.717, 1.165) is 61.1 Å². The van der Waals surface area contributed by atoms with Crippen LogP contribution in [-0.2, 0) is 20.0 Å². The van der Waals surface area contributed by atoms with E-state index in [2.05, 4.69) is 39.2 Å². The minimum Gasteiger partial charge on any atom is -0.360 e. The molecule has 27 heavy (non-hydrogen) atoms. The summed E-state index contributed by atoms with van der Waals surface area (Å²) in [6.45, 7) is 3.94. The van der Waals surface area contributed by atoms with Gasteiger partial charge in [0.2, 0.25) is 0 Å². The summed E-state index contributed by atoms with van der Waals surface area (Å²) in [7, 11) is 2.04. The van der Waals surface area contributed by atoms with E-state index in [1.54, 1.807) is 0 Å². The van der Waals surface area contributed by atoms with Gasteiger partial charge in [-0.05, 0) is 19.4 Å². The van der Waals surface area contributed by atoms with Gasteiger partial charge in [-0.25, -0.2) is 15.0 Å². The normalized spacial score (nSPS) is 14.6. The summed E-state index contributed by atoms with van der Waals surface area (Å²) in [5.41, 5.74) is 3.36. The Morgan fingerprint density at radius 1 is 1.22 bits per heavy atom. The Kier molecular flexibility index (Phi) is 5.16. The Balaban J connectivity index is 1.75. The number of anilines is 1. The molecule has 0 radical (unpaired) electrons. The minimum absolute atomic E-state index is 0.132. The summed E-state index contributed by atoms with van der Waals surface area (Å²) in [6, 6.07) is 10.3. The average molecular weight is 362 g/mol. The van der Waals surface area contributed by atoms with Crippen molar-refractivity contribution < 1.29 is 0 Å². The van der Waals surface area contributed by atoms with Crippen molar-refractivity contribution in [3.05, 3.63) is 59.8 Å². The predicted octanol–water partition coefficient (Wildman–Crippen LogP) is 3.48. The Morgan fingerprint density at radius 2 is 2.07 bits per heavy atom. The molecule has 0 fully saturated rings. The third-order valence-electron chi connectivity index (χ3n) is 5.03. The highest BCUT2D eigenvalue weighted by molar-refractivity contribution is 5.60. The second-order valence-corrected chi connectivity index (χ2v) is 7.00. The number of nitrogens with one attached hydrogen (secondary N) is 2. The number of hydrogen-bond donors (Lipinski definition) is 2. The molecule has 1 aliphatic rings. The number of fused-ring (bicyclic) bond motifs is 1. The molecule has 0 aliphatic carbocycles. The van der Waals surface area contributed by atoms with Crippen LogP contribution in [0.3, 0.4) is 0 Å². The molecule has 3 aromatic rings. The van der Waals surface area contributed by atoms with Crippen LogP contribution in [-0.4, -0.2) is 26.1 Å². The van der Waals surface area contributed by atoms with Crippen LogP contribution in [0, 0.1) is 0 Å². The van der Waals surface area contributed by atoms with E-state index >= 15 is 0 Å². The Bertz CT molecular complexity index is 902. The van der Waals surface area contributed by atoms with E-state index in [1.807, 2.05) is 37.6 Å². The molecule has 0 spiro atoms. The van der Waals surface area contributed by atoms with Crippen LogP contribution in [0.4, 0.5) is 5.82 Å². The van der Waals surface area contributed by atoms with Crippen molar-refractivity contribution in [1.29, 1.82) is 0 Å². The van der Waals surface area contributed by atoms with Crippen LogP contribution in [0.1, 0.15) is 42.9 Å². The van der Waals surface area contributed by atoms with Gasteiger partial charge in [-0.1, -0.05) is 43.7 Å². The van der Waals surface area contributed by atoms with Gasteiger partial charge in [-0.3, -0.25) is 0 Å². The lowest BCUT2D eigenvalue weighted by Gasteiger charge is -2.24. The lowest BCUT2D eigenvalue weighted by Crippen LogP contribution is -2.27. The first-order chi connectivity index (χ1) is 13.3. The zero-order valence-corrected chi connectivity index (χ0v) is 15.9.